The number of ether oxygens (including phenoxy) is 1. The molecule has 1 aliphatic carbocycles. The van der Waals surface area contributed by atoms with Crippen molar-refractivity contribution < 1.29 is 9.53 Å². The number of nitriles is 1. The minimum atomic E-state index is -1.31. The summed E-state index contributed by atoms with van der Waals surface area (Å²) in [5, 5.41) is 9.53. The van der Waals surface area contributed by atoms with Gasteiger partial charge >= 0.3 is 5.97 Å². The number of carbonyl (C=O) groups excluding carboxylic acids is 1. The number of esters is 1. The number of nitrogens with zero attached hydrogens (tertiary/aromatic N) is 1. The maximum atomic E-state index is 11.3. The lowest BCUT2D eigenvalue weighted by Gasteiger charge is -2.34. The van der Waals surface area contributed by atoms with E-state index in [9.17, 15) is 10.1 Å². The summed E-state index contributed by atoms with van der Waals surface area (Å²) in [6, 6.07) is 9.55. The van der Waals surface area contributed by atoms with Crippen LogP contribution in [0.4, 0.5) is 0 Å². The molecule has 18 heavy (non-hydrogen) atoms. The van der Waals surface area contributed by atoms with Gasteiger partial charge < -0.3 is 4.74 Å². The molecule has 0 heterocycles. The van der Waals surface area contributed by atoms with Gasteiger partial charge in [0.1, 0.15) is 6.07 Å². The van der Waals surface area contributed by atoms with E-state index >= 15 is 0 Å². The van der Waals surface area contributed by atoms with E-state index in [1.165, 1.54) is 6.92 Å². The molecular formula is C15H13NO2. The highest BCUT2D eigenvalue weighted by Gasteiger charge is 2.44. The van der Waals surface area contributed by atoms with Crippen LogP contribution in [-0.4, -0.2) is 5.97 Å². The van der Waals surface area contributed by atoms with Crippen LogP contribution >= 0.6 is 0 Å². The molecule has 0 aliphatic heterocycles. The molecule has 3 heteroatoms. The zero-order valence-corrected chi connectivity index (χ0v) is 10.1. The molecule has 0 amide bonds. The van der Waals surface area contributed by atoms with Crippen molar-refractivity contribution in [2.75, 3.05) is 0 Å². The first-order valence-electron chi connectivity index (χ1n) is 5.65. The van der Waals surface area contributed by atoms with Crippen molar-refractivity contribution in [2.24, 2.45) is 5.92 Å². The van der Waals surface area contributed by atoms with Crippen molar-refractivity contribution in [1.29, 1.82) is 5.26 Å². The monoisotopic (exact) mass is 239 g/mol. The summed E-state index contributed by atoms with van der Waals surface area (Å²) in [6.07, 6.45) is 5.38. The SMILES string of the molecule is C=CC1C=Cc2ccccc2C1(C#N)OC(C)=O. The maximum Gasteiger partial charge on any atom is 0.304 e. The summed E-state index contributed by atoms with van der Waals surface area (Å²) in [5.41, 5.74) is 0.285. The Morgan fingerprint density at radius 3 is 2.89 bits per heavy atom. The quantitative estimate of drug-likeness (QED) is 0.589. The van der Waals surface area contributed by atoms with Crippen LogP contribution in [-0.2, 0) is 15.1 Å². The smallest absolute Gasteiger partial charge is 0.304 e. The number of hydrogen-bond donors (Lipinski definition) is 0. The Balaban J connectivity index is 2.66. The largest absolute Gasteiger partial charge is 0.438 e. The molecule has 0 fully saturated rings. The van der Waals surface area contributed by atoms with Crippen molar-refractivity contribution in [3.05, 3.63) is 54.1 Å². The van der Waals surface area contributed by atoms with E-state index in [4.69, 9.17) is 4.74 Å². The second-order valence-corrected chi connectivity index (χ2v) is 4.15. The molecule has 0 bridgehead atoms. The molecule has 90 valence electrons. The van der Waals surface area contributed by atoms with E-state index in [0.717, 1.165) is 5.56 Å². The molecule has 0 radical (unpaired) electrons. The normalized spacial score (nSPS) is 24.8. The molecule has 0 spiro atoms. The Bertz CT molecular complexity index is 568. The second-order valence-electron chi connectivity index (χ2n) is 4.15. The van der Waals surface area contributed by atoms with Crippen molar-refractivity contribution >= 4 is 12.0 Å². The molecule has 1 aromatic rings. The number of hydrogen-bond acceptors (Lipinski definition) is 3. The fourth-order valence-electron chi connectivity index (χ4n) is 2.25. The van der Waals surface area contributed by atoms with Crippen LogP contribution in [0.25, 0.3) is 6.08 Å². The minimum Gasteiger partial charge on any atom is -0.438 e. The molecule has 0 saturated carbocycles. The molecule has 2 unspecified atom stereocenters. The second kappa shape index (κ2) is 4.50. The van der Waals surface area contributed by atoms with Gasteiger partial charge in [-0.15, -0.1) is 6.58 Å². The predicted octanol–water partition coefficient (Wildman–Crippen LogP) is 2.80. The molecule has 1 aliphatic rings. The van der Waals surface area contributed by atoms with Crippen molar-refractivity contribution in [2.45, 2.75) is 12.5 Å². The number of fused-ring (bicyclic) bond motifs is 1. The Labute approximate surface area is 106 Å². The zero-order chi connectivity index (χ0) is 13.2. The molecule has 3 nitrogen and oxygen atoms in total. The summed E-state index contributed by atoms with van der Waals surface area (Å²) >= 11 is 0. The standard InChI is InChI=1S/C15H13NO2/c1-3-13-9-8-12-6-4-5-7-14(12)15(13,10-16)18-11(2)17/h3-9,13H,1H2,2H3. The van der Waals surface area contributed by atoms with Crippen LogP contribution in [0.5, 0.6) is 0 Å². The lowest BCUT2D eigenvalue weighted by Crippen LogP contribution is -2.38. The fourth-order valence-corrected chi connectivity index (χ4v) is 2.25. The first-order valence-corrected chi connectivity index (χ1v) is 5.65. The molecule has 0 aromatic heterocycles. The highest BCUT2D eigenvalue weighted by molar-refractivity contribution is 5.70. The van der Waals surface area contributed by atoms with Gasteiger partial charge in [0.15, 0.2) is 0 Å². The Morgan fingerprint density at radius 1 is 1.56 bits per heavy atom. The van der Waals surface area contributed by atoms with E-state index in [1.807, 2.05) is 36.4 Å². The van der Waals surface area contributed by atoms with E-state index in [-0.39, 0.29) is 5.92 Å². The first kappa shape index (κ1) is 12.1. The van der Waals surface area contributed by atoms with E-state index in [0.29, 0.717) is 5.56 Å². The van der Waals surface area contributed by atoms with Gasteiger partial charge in [-0.1, -0.05) is 42.5 Å². The molecule has 0 saturated heterocycles. The van der Waals surface area contributed by atoms with Gasteiger partial charge in [-0.2, -0.15) is 5.26 Å². The lowest BCUT2D eigenvalue weighted by atomic mass is 9.76. The van der Waals surface area contributed by atoms with Crippen LogP contribution in [0.15, 0.2) is 43.0 Å². The Kier molecular flexibility index (Phi) is 3.03. The van der Waals surface area contributed by atoms with E-state index in [1.54, 1.807) is 6.08 Å². The Hall–Kier alpha value is -2.34. The highest BCUT2D eigenvalue weighted by Crippen LogP contribution is 2.41. The third kappa shape index (κ3) is 1.72. The van der Waals surface area contributed by atoms with Crippen LogP contribution in [0.2, 0.25) is 0 Å². The fraction of sp³-hybridized carbons (Fsp3) is 0.200. The van der Waals surface area contributed by atoms with Crippen LogP contribution in [0.3, 0.4) is 0 Å². The van der Waals surface area contributed by atoms with E-state index < -0.39 is 11.6 Å². The average molecular weight is 239 g/mol. The van der Waals surface area contributed by atoms with Gasteiger partial charge in [-0.05, 0) is 5.56 Å². The molecule has 1 aromatic carbocycles. The predicted molar refractivity (Wildman–Crippen MR) is 68.2 cm³/mol. The van der Waals surface area contributed by atoms with Crippen molar-refractivity contribution in [3.63, 3.8) is 0 Å². The van der Waals surface area contributed by atoms with Gasteiger partial charge in [0, 0.05) is 12.5 Å². The summed E-state index contributed by atoms with van der Waals surface area (Å²) in [6.45, 7) is 5.02. The van der Waals surface area contributed by atoms with Crippen LogP contribution in [0, 0.1) is 17.2 Å². The molecule has 2 atom stereocenters. The summed E-state index contributed by atoms with van der Waals surface area (Å²) in [4.78, 5) is 11.3. The summed E-state index contributed by atoms with van der Waals surface area (Å²) < 4.78 is 5.34. The lowest BCUT2D eigenvalue weighted by molar-refractivity contribution is -0.154. The van der Waals surface area contributed by atoms with Crippen molar-refractivity contribution in [3.8, 4) is 6.07 Å². The van der Waals surface area contributed by atoms with E-state index in [2.05, 4.69) is 12.6 Å². The van der Waals surface area contributed by atoms with Gasteiger partial charge in [0.2, 0.25) is 5.60 Å². The zero-order valence-electron chi connectivity index (χ0n) is 10.1. The first-order chi connectivity index (χ1) is 8.64. The van der Waals surface area contributed by atoms with Gasteiger partial charge in [0.05, 0.1) is 5.92 Å². The summed E-state index contributed by atoms with van der Waals surface area (Å²) in [5.74, 6) is -0.824. The van der Waals surface area contributed by atoms with Gasteiger partial charge in [-0.3, -0.25) is 4.79 Å². The summed E-state index contributed by atoms with van der Waals surface area (Å²) in [7, 11) is 0. The Morgan fingerprint density at radius 2 is 2.28 bits per heavy atom. The van der Waals surface area contributed by atoms with Gasteiger partial charge in [-0.25, -0.2) is 0 Å². The number of benzene rings is 1. The molecule has 2 rings (SSSR count). The van der Waals surface area contributed by atoms with Crippen molar-refractivity contribution in [1.82, 2.24) is 0 Å². The molecule has 0 N–H and O–H groups in total. The highest BCUT2D eigenvalue weighted by atomic mass is 16.6. The van der Waals surface area contributed by atoms with Crippen LogP contribution in [0.1, 0.15) is 18.1 Å². The third-order valence-electron chi connectivity index (χ3n) is 3.04. The topological polar surface area (TPSA) is 50.1 Å². The average Bonchev–Trinajstić information content (AvgIpc) is 2.38. The third-order valence-corrected chi connectivity index (χ3v) is 3.04. The number of rotatable bonds is 2. The minimum absolute atomic E-state index is 0.346. The molecular weight excluding hydrogens is 226 g/mol. The van der Waals surface area contributed by atoms with Crippen LogP contribution < -0.4 is 0 Å². The maximum absolute atomic E-state index is 11.3. The van der Waals surface area contributed by atoms with Gasteiger partial charge in [0.25, 0.3) is 0 Å². The number of carbonyl (C=O) groups is 1.